The fraction of sp³-hybridized carbons (Fsp3) is 0.250. The quantitative estimate of drug-likeness (QED) is 0.671. The Kier molecular flexibility index (Phi) is 3.05. The zero-order valence-electron chi connectivity index (χ0n) is 6.70. The molecule has 0 bridgehead atoms. The Balaban J connectivity index is 2.84. The van der Waals surface area contributed by atoms with Gasteiger partial charge in [0.1, 0.15) is 5.69 Å². The van der Waals surface area contributed by atoms with E-state index in [-0.39, 0.29) is 0 Å². The summed E-state index contributed by atoms with van der Waals surface area (Å²) in [7, 11) is 0. The summed E-state index contributed by atoms with van der Waals surface area (Å²) in [5.74, 6) is 0. The van der Waals surface area contributed by atoms with Gasteiger partial charge in [0.05, 0.1) is 6.54 Å². The van der Waals surface area contributed by atoms with Crippen LogP contribution >= 0.6 is 11.6 Å². The van der Waals surface area contributed by atoms with Gasteiger partial charge >= 0.3 is 0 Å². The van der Waals surface area contributed by atoms with E-state index in [1.807, 2.05) is 6.92 Å². The van der Waals surface area contributed by atoms with Crippen molar-refractivity contribution in [3.8, 4) is 0 Å². The molecule has 0 spiro atoms. The molecule has 0 saturated carbocycles. The molecule has 1 aromatic heterocycles. The highest BCUT2D eigenvalue weighted by Crippen LogP contribution is 2.00. The summed E-state index contributed by atoms with van der Waals surface area (Å²) in [4.78, 5) is 10.3. The van der Waals surface area contributed by atoms with Crippen LogP contribution in [-0.2, 0) is 6.54 Å². The van der Waals surface area contributed by atoms with E-state index in [0.717, 1.165) is 12.0 Å². The van der Waals surface area contributed by atoms with Gasteiger partial charge in [-0.15, -0.1) is 0 Å². The van der Waals surface area contributed by atoms with Gasteiger partial charge in [-0.05, 0) is 13.0 Å². The third-order valence-corrected chi connectivity index (χ3v) is 1.67. The molecule has 4 heteroatoms. The first-order valence-corrected chi connectivity index (χ1v) is 3.96. The summed E-state index contributed by atoms with van der Waals surface area (Å²) in [5.41, 5.74) is 2.84. The number of aryl methyl sites for hydroxylation is 1. The smallest absolute Gasteiger partial charge is 0.170 e. The minimum absolute atomic E-state index is 0.454. The van der Waals surface area contributed by atoms with E-state index in [9.17, 15) is 4.79 Å². The Labute approximate surface area is 75.6 Å². The van der Waals surface area contributed by atoms with Gasteiger partial charge in [0.2, 0.25) is 0 Å². The molecule has 12 heavy (non-hydrogen) atoms. The van der Waals surface area contributed by atoms with Gasteiger partial charge < -0.3 is 0 Å². The standard InChI is InChI=1S/C8H9ClN2O/c1-7-5-8(6-12)10-11(7)4-2-3-9/h2-3,5-6H,4H2,1H3. The van der Waals surface area contributed by atoms with Gasteiger partial charge in [0, 0.05) is 11.2 Å². The van der Waals surface area contributed by atoms with E-state index >= 15 is 0 Å². The van der Waals surface area contributed by atoms with E-state index < -0.39 is 0 Å². The maximum Gasteiger partial charge on any atom is 0.170 e. The lowest BCUT2D eigenvalue weighted by Gasteiger charge is -1.96. The van der Waals surface area contributed by atoms with Crippen LogP contribution < -0.4 is 0 Å². The number of aromatic nitrogens is 2. The maximum atomic E-state index is 10.3. The maximum absolute atomic E-state index is 10.3. The van der Waals surface area contributed by atoms with Crippen LogP contribution in [0, 0.1) is 6.92 Å². The largest absolute Gasteiger partial charge is 0.296 e. The fourth-order valence-corrected chi connectivity index (χ4v) is 0.997. The zero-order valence-corrected chi connectivity index (χ0v) is 7.45. The van der Waals surface area contributed by atoms with E-state index in [1.165, 1.54) is 5.54 Å². The molecule has 1 rings (SSSR count). The molecule has 0 N–H and O–H groups in total. The number of hydrogen-bond acceptors (Lipinski definition) is 2. The average molecular weight is 185 g/mol. The van der Waals surface area contributed by atoms with Crippen LogP contribution in [-0.4, -0.2) is 16.1 Å². The molecular formula is C8H9ClN2O. The van der Waals surface area contributed by atoms with Crippen LogP contribution in [0.4, 0.5) is 0 Å². The van der Waals surface area contributed by atoms with Crippen molar-refractivity contribution in [1.82, 2.24) is 9.78 Å². The number of hydrogen-bond donors (Lipinski definition) is 0. The first-order valence-electron chi connectivity index (χ1n) is 3.52. The molecule has 0 fully saturated rings. The Morgan fingerprint density at radius 1 is 1.75 bits per heavy atom. The molecule has 3 nitrogen and oxygen atoms in total. The predicted molar refractivity (Wildman–Crippen MR) is 47.3 cm³/mol. The molecule has 0 aliphatic carbocycles. The van der Waals surface area contributed by atoms with E-state index in [1.54, 1.807) is 16.8 Å². The van der Waals surface area contributed by atoms with Crippen LogP contribution in [0.1, 0.15) is 16.2 Å². The lowest BCUT2D eigenvalue weighted by molar-refractivity contribution is 0.111. The summed E-state index contributed by atoms with van der Waals surface area (Å²) >= 11 is 5.35. The SMILES string of the molecule is Cc1cc(C=O)nn1CC=CCl. The molecule has 0 unspecified atom stereocenters. The Bertz CT molecular complexity index is 304. The number of allylic oxidation sites excluding steroid dienone is 1. The number of rotatable bonds is 3. The second-order valence-electron chi connectivity index (χ2n) is 2.37. The second-order valence-corrected chi connectivity index (χ2v) is 2.62. The third-order valence-electron chi connectivity index (χ3n) is 1.49. The van der Waals surface area contributed by atoms with E-state index in [4.69, 9.17) is 11.6 Å². The van der Waals surface area contributed by atoms with Crippen LogP contribution in [0.3, 0.4) is 0 Å². The topological polar surface area (TPSA) is 34.9 Å². The van der Waals surface area contributed by atoms with E-state index in [2.05, 4.69) is 5.10 Å². The summed E-state index contributed by atoms with van der Waals surface area (Å²) in [6, 6.07) is 1.73. The number of nitrogens with zero attached hydrogens (tertiary/aromatic N) is 2. The van der Waals surface area contributed by atoms with E-state index in [0.29, 0.717) is 12.2 Å². The molecule has 0 aromatic carbocycles. The monoisotopic (exact) mass is 184 g/mol. The van der Waals surface area contributed by atoms with Crippen molar-refractivity contribution < 1.29 is 4.79 Å². The Hall–Kier alpha value is -1.09. The lowest BCUT2D eigenvalue weighted by atomic mass is 10.4. The lowest BCUT2D eigenvalue weighted by Crippen LogP contribution is -1.99. The number of carbonyl (C=O) groups is 1. The Morgan fingerprint density at radius 3 is 3.00 bits per heavy atom. The number of carbonyl (C=O) groups excluding carboxylic acids is 1. The van der Waals surface area contributed by atoms with Crippen LogP contribution in [0.15, 0.2) is 17.7 Å². The van der Waals surface area contributed by atoms with Crippen molar-refractivity contribution in [2.75, 3.05) is 0 Å². The summed E-state index contributed by atoms with van der Waals surface area (Å²) in [6.07, 6.45) is 2.49. The van der Waals surface area contributed by atoms with Crippen molar-refractivity contribution in [2.24, 2.45) is 0 Å². The predicted octanol–water partition coefficient (Wildman–Crippen LogP) is 1.76. The van der Waals surface area contributed by atoms with Crippen molar-refractivity contribution in [2.45, 2.75) is 13.5 Å². The van der Waals surface area contributed by atoms with Crippen LogP contribution in [0.25, 0.3) is 0 Å². The molecule has 1 aromatic rings. The third kappa shape index (κ3) is 1.95. The van der Waals surface area contributed by atoms with Gasteiger partial charge in [-0.25, -0.2) is 0 Å². The van der Waals surface area contributed by atoms with Crippen molar-refractivity contribution >= 4 is 17.9 Å². The summed E-state index contributed by atoms with van der Waals surface area (Å²) in [6.45, 7) is 2.49. The number of aldehydes is 1. The van der Waals surface area contributed by atoms with Crippen molar-refractivity contribution in [3.63, 3.8) is 0 Å². The molecule has 0 amide bonds. The molecule has 0 saturated heterocycles. The number of halogens is 1. The molecule has 0 radical (unpaired) electrons. The summed E-state index contributed by atoms with van der Waals surface area (Å²) in [5, 5.41) is 4.00. The highest BCUT2D eigenvalue weighted by atomic mass is 35.5. The second kappa shape index (κ2) is 4.07. The fourth-order valence-electron chi connectivity index (χ4n) is 0.918. The zero-order chi connectivity index (χ0) is 8.97. The van der Waals surface area contributed by atoms with Crippen molar-refractivity contribution in [1.29, 1.82) is 0 Å². The molecule has 0 atom stereocenters. The van der Waals surface area contributed by atoms with Gasteiger partial charge in [-0.2, -0.15) is 5.10 Å². The minimum atomic E-state index is 0.454. The Morgan fingerprint density at radius 2 is 2.50 bits per heavy atom. The molecule has 1 heterocycles. The molecule has 0 aliphatic heterocycles. The van der Waals surface area contributed by atoms with Gasteiger partial charge in [0.25, 0.3) is 0 Å². The molecular weight excluding hydrogens is 176 g/mol. The van der Waals surface area contributed by atoms with Crippen LogP contribution in [0.5, 0.6) is 0 Å². The molecule has 0 aliphatic rings. The van der Waals surface area contributed by atoms with Gasteiger partial charge in [-0.3, -0.25) is 9.48 Å². The summed E-state index contributed by atoms with van der Waals surface area (Å²) < 4.78 is 1.71. The van der Waals surface area contributed by atoms with Crippen molar-refractivity contribution in [3.05, 3.63) is 29.1 Å². The average Bonchev–Trinajstić information content (AvgIpc) is 2.43. The molecule has 64 valence electrons. The highest BCUT2D eigenvalue weighted by molar-refractivity contribution is 6.25. The van der Waals surface area contributed by atoms with Crippen LogP contribution in [0.2, 0.25) is 0 Å². The first kappa shape index (κ1) is 9.00. The van der Waals surface area contributed by atoms with Gasteiger partial charge in [-0.1, -0.05) is 17.7 Å². The van der Waals surface area contributed by atoms with Gasteiger partial charge in [0.15, 0.2) is 6.29 Å². The minimum Gasteiger partial charge on any atom is -0.296 e. The normalized spacial score (nSPS) is 10.8. The highest BCUT2D eigenvalue weighted by Gasteiger charge is 2.00. The first-order chi connectivity index (χ1) is 5.77.